The van der Waals surface area contributed by atoms with Crippen LogP contribution in [-0.2, 0) is 4.79 Å². The monoisotopic (exact) mass is 345 g/mol. The van der Waals surface area contributed by atoms with Crippen LogP contribution in [0.25, 0.3) is 0 Å². The van der Waals surface area contributed by atoms with Gasteiger partial charge in [0.2, 0.25) is 0 Å². The van der Waals surface area contributed by atoms with Gasteiger partial charge in [0.05, 0.1) is 9.40 Å². The number of hydrogen-bond donors (Lipinski definition) is 2. The second kappa shape index (κ2) is 6.17. The lowest BCUT2D eigenvalue weighted by Gasteiger charge is -2.27. The Bertz CT molecular complexity index is 546. The fourth-order valence-electron chi connectivity index (χ4n) is 1.64. The molecule has 7 nitrogen and oxygen atoms in total. The van der Waals surface area contributed by atoms with Gasteiger partial charge in [-0.05, 0) is 43.1 Å². The number of rotatable bonds is 6. The predicted octanol–water partition coefficient (Wildman–Crippen LogP) is 3.12. The van der Waals surface area contributed by atoms with E-state index in [-0.39, 0.29) is 12.1 Å². The molecule has 8 heteroatoms. The Kier molecular flexibility index (Phi) is 5.04. The van der Waals surface area contributed by atoms with Crippen LogP contribution in [0.3, 0.4) is 0 Å². The molecule has 0 fully saturated rings. The first kappa shape index (κ1) is 16.4. The number of hydrogen-bond acceptors (Lipinski definition) is 5. The zero-order valence-electron chi connectivity index (χ0n) is 11.4. The van der Waals surface area contributed by atoms with Gasteiger partial charge in [-0.3, -0.25) is 14.9 Å². The Balaban J connectivity index is 2.96. The number of anilines is 1. The van der Waals surface area contributed by atoms with Gasteiger partial charge in [0.15, 0.2) is 0 Å². The van der Waals surface area contributed by atoms with Crippen molar-refractivity contribution in [1.82, 2.24) is 4.98 Å². The van der Waals surface area contributed by atoms with Crippen molar-refractivity contribution in [1.29, 1.82) is 0 Å². The van der Waals surface area contributed by atoms with E-state index >= 15 is 0 Å². The lowest BCUT2D eigenvalue weighted by atomic mass is 9.98. The van der Waals surface area contributed by atoms with E-state index in [2.05, 4.69) is 26.2 Å². The molecule has 0 aliphatic carbocycles. The molecule has 1 aromatic rings. The molecular formula is C12H16BrN3O4. The van der Waals surface area contributed by atoms with Gasteiger partial charge >= 0.3 is 5.97 Å². The number of nitrogens with zero attached hydrogens (tertiary/aromatic N) is 2. The maximum atomic E-state index is 10.8. The fourth-order valence-corrected chi connectivity index (χ4v) is 2.05. The molecule has 2 N–H and O–H groups in total. The van der Waals surface area contributed by atoms with E-state index in [1.165, 1.54) is 6.20 Å². The van der Waals surface area contributed by atoms with E-state index in [0.717, 1.165) is 0 Å². The highest BCUT2D eigenvalue weighted by atomic mass is 79.9. The molecule has 0 radical (unpaired) electrons. The number of nitrogens with one attached hydrogen (secondary N) is 1. The minimum atomic E-state index is -0.869. The van der Waals surface area contributed by atoms with E-state index < -0.39 is 16.4 Å². The van der Waals surface area contributed by atoms with E-state index in [1.54, 1.807) is 6.92 Å². The highest BCUT2D eigenvalue weighted by molar-refractivity contribution is 9.10. The highest BCUT2D eigenvalue weighted by Crippen LogP contribution is 2.32. The number of carbonyl (C=O) groups is 1. The summed E-state index contributed by atoms with van der Waals surface area (Å²) in [6.07, 6.45) is 1.63. The summed E-state index contributed by atoms with van der Waals surface area (Å²) in [7, 11) is 0. The molecule has 1 rings (SSSR count). The second-order valence-electron chi connectivity index (χ2n) is 5.09. The van der Waals surface area contributed by atoms with Crippen LogP contribution in [0.4, 0.5) is 11.5 Å². The average molecular weight is 346 g/mol. The van der Waals surface area contributed by atoms with Gasteiger partial charge in [0, 0.05) is 17.5 Å². The molecule has 0 saturated carbocycles. The fraction of sp³-hybridized carbons (Fsp3) is 0.500. The smallest absolute Gasteiger partial charge is 0.303 e. The molecule has 0 amide bonds. The number of nitro groups is 1. The number of aliphatic carboxylic acids is 1. The molecule has 0 atom stereocenters. The van der Waals surface area contributed by atoms with Crippen molar-refractivity contribution < 1.29 is 14.8 Å². The zero-order chi connectivity index (χ0) is 15.5. The summed E-state index contributed by atoms with van der Waals surface area (Å²) < 4.78 is 0.509. The van der Waals surface area contributed by atoms with Crippen LogP contribution in [0.5, 0.6) is 0 Å². The van der Waals surface area contributed by atoms with E-state index in [4.69, 9.17) is 5.11 Å². The summed E-state index contributed by atoms with van der Waals surface area (Å²) in [5.74, 6) is -0.407. The van der Waals surface area contributed by atoms with E-state index in [9.17, 15) is 14.9 Å². The molecule has 0 saturated heterocycles. The molecule has 0 aromatic carbocycles. The first-order valence-electron chi connectivity index (χ1n) is 5.93. The van der Waals surface area contributed by atoms with Crippen molar-refractivity contribution >= 4 is 33.4 Å². The molecule has 1 aromatic heterocycles. The van der Waals surface area contributed by atoms with Crippen molar-refractivity contribution in [2.24, 2.45) is 0 Å². The SMILES string of the molecule is Cc1c([N+](=O)[O-])cnc(NC(C)(C)CCC(=O)O)c1Br. The summed E-state index contributed by atoms with van der Waals surface area (Å²) in [5, 5.41) is 22.6. The summed E-state index contributed by atoms with van der Waals surface area (Å²) in [6.45, 7) is 5.32. The Morgan fingerprint density at radius 3 is 2.70 bits per heavy atom. The van der Waals surface area contributed by atoms with Crippen LogP contribution in [-0.4, -0.2) is 26.5 Å². The van der Waals surface area contributed by atoms with Gasteiger partial charge in [-0.25, -0.2) is 4.98 Å². The molecule has 1 heterocycles. The molecule has 0 spiro atoms. The summed E-state index contributed by atoms with van der Waals surface area (Å²) in [5.41, 5.74) is -0.0801. The van der Waals surface area contributed by atoms with Gasteiger partial charge < -0.3 is 10.4 Å². The minimum absolute atomic E-state index is 0.0313. The topological polar surface area (TPSA) is 105 Å². The largest absolute Gasteiger partial charge is 0.481 e. The maximum absolute atomic E-state index is 10.8. The third kappa shape index (κ3) is 4.16. The van der Waals surface area contributed by atoms with Crippen molar-refractivity contribution in [3.05, 3.63) is 26.3 Å². The molecule has 0 aliphatic rings. The van der Waals surface area contributed by atoms with E-state index in [1.807, 2.05) is 13.8 Å². The van der Waals surface area contributed by atoms with Gasteiger partial charge in [0.25, 0.3) is 5.69 Å². The Morgan fingerprint density at radius 1 is 1.60 bits per heavy atom. The summed E-state index contributed by atoms with van der Waals surface area (Å²) >= 11 is 3.29. The van der Waals surface area contributed by atoms with Crippen LogP contribution in [0.2, 0.25) is 0 Å². The number of halogens is 1. The van der Waals surface area contributed by atoms with Crippen molar-refractivity contribution in [3.8, 4) is 0 Å². The summed E-state index contributed by atoms with van der Waals surface area (Å²) in [6, 6.07) is 0. The molecule has 0 unspecified atom stereocenters. The average Bonchev–Trinajstić information content (AvgIpc) is 2.32. The predicted molar refractivity (Wildman–Crippen MR) is 77.9 cm³/mol. The number of carboxylic acids is 1. The lowest BCUT2D eigenvalue weighted by molar-refractivity contribution is -0.385. The van der Waals surface area contributed by atoms with Crippen LogP contribution in [0, 0.1) is 17.0 Å². The van der Waals surface area contributed by atoms with Crippen LogP contribution >= 0.6 is 15.9 Å². The van der Waals surface area contributed by atoms with Gasteiger partial charge in [-0.2, -0.15) is 0 Å². The Morgan fingerprint density at radius 2 is 2.20 bits per heavy atom. The third-order valence-corrected chi connectivity index (χ3v) is 3.82. The number of aromatic nitrogens is 1. The summed E-state index contributed by atoms with van der Waals surface area (Å²) in [4.78, 5) is 25.0. The minimum Gasteiger partial charge on any atom is -0.481 e. The van der Waals surface area contributed by atoms with Crippen molar-refractivity contribution in [2.75, 3.05) is 5.32 Å². The van der Waals surface area contributed by atoms with Crippen LogP contribution in [0.15, 0.2) is 10.7 Å². The van der Waals surface area contributed by atoms with Crippen molar-refractivity contribution in [2.45, 2.75) is 39.2 Å². The molecule has 110 valence electrons. The number of carboxylic acid groups (broad SMARTS) is 1. The molecular weight excluding hydrogens is 330 g/mol. The molecule has 0 aliphatic heterocycles. The van der Waals surface area contributed by atoms with Gasteiger partial charge in [-0.15, -0.1) is 0 Å². The standard InChI is InChI=1S/C12H16BrN3O4/c1-7-8(16(19)20)6-14-11(10(7)13)15-12(2,3)5-4-9(17)18/h6H,4-5H2,1-3H3,(H,14,15)(H,17,18). The lowest BCUT2D eigenvalue weighted by Crippen LogP contribution is -2.32. The van der Waals surface area contributed by atoms with Crippen LogP contribution < -0.4 is 5.32 Å². The first-order valence-corrected chi connectivity index (χ1v) is 6.73. The number of pyridine rings is 1. The second-order valence-corrected chi connectivity index (χ2v) is 5.88. The van der Waals surface area contributed by atoms with E-state index in [0.29, 0.717) is 22.3 Å². The highest BCUT2D eigenvalue weighted by Gasteiger charge is 2.23. The quantitative estimate of drug-likeness (QED) is 0.606. The van der Waals surface area contributed by atoms with Crippen molar-refractivity contribution in [3.63, 3.8) is 0 Å². The van der Waals surface area contributed by atoms with Crippen LogP contribution in [0.1, 0.15) is 32.3 Å². The Labute approximate surface area is 124 Å². The van der Waals surface area contributed by atoms with Gasteiger partial charge in [0.1, 0.15) is 12.0 Å². The molecule has 0 bridgehead atoms. The third-order valence-electron chi connectivity index (χ3n) is 2.85. The van der Waals surface area contributed by atoms with Gasteiger partial charge in [-0.1, -0.05) is 0 Å². The molecule has 20 heavy (non-hydrogen) atoms. The Hall–Kier alpha value is -1.70. The first-order chi connectivity index (χ1) is 9.14. The zero-order valence-corrected chi connectivity index (χ0v) is 13.0. The normalized spacial score (nSPS) is 11.2. The maximum Gasteiger partial charge on any atom is 0.303 e.